The molecule has 0 saturated heterocycles. The van der Waals surface area contributed by atoms with Gasteiger partial charge < -0.3 is 0 Å². The van der Waals surface area contributed by atoms with Gasteiger partial charge in [0.1, 0.15) is 0 Å². The summed E-state index contributed by atoms with van der Waals surface area (Å²) < 4.78 is 0. The Morgan fingerprint density at radius 3 is 1.58 bits per heavy atom. The van der Waals surface area contributed by atoms with E-state index in [1.165, 1.54) is 49.0 Å². The number of aromatic nitrogens is 4. The van der Waals surface area contributed by atoms with Crippen LogP contribution in [0.25, 0.3) is 99.6 Å². The molecule has 0 spiro atoms. The molecule has 242 valence electrons. The molecular formula is C48H30N4. The molecule has 10 rings (SSSR count). The summed E-state index contributed by atoms with van der Waals surface area (Å²) in [4.78, 5) is 19.2. The largest absolute Gasteiger partial charge is 0.264 e. The zero-order valence-corrected chi connectivity index (χ0v) is 28.1. The van der Waals surface area contributed by atoms with Crippen molar-refractivity contribution in [3.05, 3.63) is 183 Å². The topological polar surface area (TPSA) is 51.6 Å². The lowest BCUT2D eigenvalue weighted by atomic mass is 9.87. The lowest BCUT2D eigenvalue weighted by molar-refractivity contribution is 1.18. The van der Waals surface area contributed by atoms with Gasteiger partial charge in [0.05, 0.1) is 11.4 Å². The lowest BCUT2D eigenvalue weighted by Gasteiger charge is -2.17. The van der Waals surface area contributed by atoms with Crippen LogP contribution >= 0.6 is 0 Å². The lowest BCUT2D eigenvalue weighted by Crippen LogP contribution is -1.97. The average Bonchev–Trinajstić information content (AvgIpc) is 3.23. The highest BCUT2D eigenvalue weighted by Gasteiger charge is 2.17. The molecule has 10 aromatic rings. The molecule has 3 aromatic heterocycles. The summed E-state index contributed by atoms with van der Waals surface area (Å²) in [5, 5.41) is 7.58. The van der Waals surface area contributed by atoms with Gasteiger partial charge in [-0.25, -0.2) is 9.97 Å². The fourth-order valence-corrected chi connectivity index (χ4v) is 7.60. The molecule has 4 nitrogen and oxygen atoms in total. The van der Waals surface area contributed by atoms with Crippen LogP contribution in [0.4, 0.5) is 0 Å². The van der Waals surface area contributed by atoms with Crippen LogP contribution in [0.1, 0.15) is 0 Å². The number of rotatable bonds is 6. The Kier molecular flexibility index (Phi) is 7.10. The summed E-state index contributed by atoms with van der Waals surface area (Å²) in [5.41, 5.74) is 11.4. The molecule has 0 aliphatic rings. The van der Waals surface area contributed by atoms with Crippen molar-refractivity contribution in [2.45, 2.75) is 0 Å². The Labute approximate surface area is 301 Å². The van der Waals surface area contributed by atoms with Gasteiger partial charge in [-0.1, -0.05) is 127 Å². The predicted molar refractivity (Wildman–Crippen MR) is 214 cm³/mol. The van der Waals surface area contributed by atoms with Crippen molar-refractivity contribution in [3.8, 4) is 67.3 Å². The standard InChI is InChI=1S/C48H30N4/c1-2-9-31(10-3-1)39-21-17-32-20-24-43-40(22-18-33-19-23-42(39)46(32)47(33)43)34-11-6-12-35(27-34)48-51-44(37-14-8-26-50-30-37)28-45(52-48)41-16-5-4-15-38(41)36-13-7-25-49-29-36/h1-30H. The maximum absolute atomic E-state index is 5.24. The van der Waals surface area contributed by atoms with E-state index in [1.54, 1.807) is 12.4 Å². The quantitative estimate of drug-likeness (QED) is 0.166. The summed E-state index contributed by atoms with van der Waals surface area (Å²) in [5.74, 6) is 0.657. The highest BCUT2D eigenvalue weighted by atomic mass is 14.9. The molecule has 0 bridgehead atoms. The van der Waals surface area contributed by atoms with Gasteiger partial charge in [0.2, 0.25) is 0 Å². The van der Waals surface area contributed by atoms with E-state index < -0.39 is 0 Å². The first-order valence-electron chi connectivity index (χ1n) is 17.4. The Morgan fingerprint density at radius 2 is 0.885 bits per heavy atom. The Bertz CT molecular complexity index is 2890. The van der Waals surface area contributed by atoms with Crippen LogP contribution in [0.15, 0.2) is 183 Å². The van der Waals surface area contributed by atoms with Gasteiger partial charge in [0, 0.05) is 47.0 Å². The highest BCUT2D eigenvalue weighted by molar-refractivity contribution is 6.27. The van der Waals surface area contributed by atoms with Crippen LogP contribution < -0.4 is 0 Å². The summed E-state index contributed by atoms with van der Waals surface area (Å²) in [6, 6.07) is 55.8. The molecule has 0 N–H and O–H groups in total. The minimum absolute atomic E-state index is 0.657. The molecule has 0 saturated carbocycles. The molecule has 0 unspecified atom stereocenters. The zero-order chi connectivity index (χ0) is 34.4. The first kappa shape index (κ1) is 29.8. The third-order valence-electron chi connectivity index (χ3n) is 10.0. The van der Waals surface area contributed by atoms with Gasteiger partial charge in [0.25, 0.3) is 0 Å². The first-order valence-corrected chi connectivity index (χ1v) is 17.4. The second kappa shape index (κ2) is 12.4. The van der Waals surface area contributed by atoms with Crippen molar-refractivity contribution in [3.63, 3.8) is 0 Å². The third-order valence-corrected chi connectivity index (χ3v) is 10.0. The van der Waals surface area contributed by atoms with Gasteiger partial charge in [-0.2, -0.15) is 0 Å². The van der Waals surface area contributed by atoms with Gasteiger partial charge in [-0.3, -0.25) is 9.97 Å². The van der Waals surface area contributed by atoms with E-state index in [4.69, 9.17) is 9.97 Å². The van der Waals surface area contributed by atoms with E-state index in [-0.39, 0.29) is 0 Å². The van der Waals surface area contributed by atoms with Crippen molar-refractivity contribution in [1.29, 1.82) is 0 Å². The number of hydrogen-bond acceptors (Lipinski definition) is 4. The predicted octanol–water partition coefficient (Wildman–Crippen LogP) is 12.2. The molecule has 52 heavy (non-hydrogen) atoms. The van der Waals surface area contributed by atoms with Crippen molar-refractivity contribution in [2.24, 2.45) is 0 Å². The first-order chi connectivity index (χ1) is 25.8. The smallest absolute Gasteiger partial charge is 0.160 e. The van der Waals surface area contributed by atoms with Crippen LogP contribution in [0, 0.1) is 0 Å². The molecule has 7 aromatic carbocycles. The van der Waals surface area contributed by atoms with Crippen LogP contribution in [-0.4, -0.2) is 19.9 Å². The monoisotopic (exact) mass is 662 g/mol. The number of nitrogens with zero attached hydrogens (tertiary/aromatic N) is 4. The van der Waals surface area contributed by atoms with Crippen LogP contribution in [0.2, 0.25) is 0 Å². The van der Waals surface area contributed by atoms with Crippen LogP contribution in [-0.2, 0) is 0 Å². The molecule has 0 aliphatic carbocycles. The minimum Gasteiger partial charge on any atom is -0.264 e. The summed E-state index contributed by atoms with van der Waals surface area (Å²) in [6.45, 7) is 0. The summed E-state index contributed by atoms with van der Waals surface area (Å²) in [7, 11) is 0. The molecule has 0 amide bonds. The molecule has 3 heterocycles. The molecule has 0 fully saturated rings. The van der Waals surface area contributed by atoms with Gasteiger partial charge in [0.15, 0.2) is 5.82 Å². The van der Waals surface area contributed by atoms with Crippen molar-refractivity contribution >= 4 is 32.3 Å². The van der Waals surface area contributed by atoms with E-state index in [9.17, 15) is 0 Å². The van der Waals surface area contributed by atoms with Crippen molar-refractivity contribution < 1.29 is 0 Å². The van der Waals surface area contributed by atoms with E-state index in [0.717, 1.165) is 44.8 Å². The van der Waals surface area contributed by atoms with Crippen LogP contribution in [0.5, 0.6) is 0 Å². The molecule has 0 radical (unpaired) electrons. The number of pyridine rings is 2. The minimum atomic E-state index is 0.657. The second-order valence-electron chi connectivity index (χ2n) is 13.1. The molecule has 4 heteroatoms. The van der Waals surface area contributed by atoms with Crippen molar-refractivity contribution in [2.75, 3.05) is 0 Å². The zero-order valence-electron chi connectivity index (χ0n) is 28.1. The molecular weight excluding hydrogens is 633 g/mol. The Balaban J connectivity index is 1.15. The van der Waals surface area contributed by atoms with E-state index in [0.29, 0.717) is 5.82 Å². The molecule has 0 aliphatic heterocycles. The third kappa shape index (κ3) is 5.09. The maximum Gasteiger partial charge on any atom is 0.160 e. The summed E-state index contributed by atoms with van der Waals surface area (Å²) in [6.07, 6.45) is 7.33. The number of hydrogen-bond donors (Lipinski definition) is 0. The average molecular weight is 663 g/mol. The fourth-order valence-electron chi connectivity index (χ4n) is 7.60. The van der Waals surface area contributed by atoms with Crippen molar-refractivity contribution in [1.82, 2.24) is 19.9 Å². The second-order valence-corrected chi connectivity index (χ2v) is 13.1. The summed E-state index contributed by atoms with van der Waals surface area (Å²) >= 11 is 0. The van der Waals surface area contributed by atoms with Gasteiger partial charge >= 0.3 is 0 Å². The van der Waals surface area contributed by atoms with Crippen LogP contribution in [0.3, 0.4) is 0 Å². The van der Waals surface area contributed by atoms with E-state index in [1.807, 2.05) is 30.6 Å². The highest BCUT2D eigenvalue weighted by Crippen LogP contribution is 2.43. The number of benzene rings is 7. The normalized spacial score (nSPS) is 11.5. The van der Waals surface area contributed by atoms with E-state index >= 15 is 0 Å². The van der Waals surface area contributed by atoms with E-state index in [2.05, 4.69) is 149 Å². The van der Waals surface area contributed by atoms with Gasteiger partial charge in [-0.05, 0) is 90.5 Å². The maximum atomic E-state index is 5.24. The Hall–Kier alpha value is -7.04. The Morgan fingerprint density at radius 1 is 0.327 bits per heavy atom. The fraction of sp³-hybridized carbons (Fsp3) is 0. The molecule has 0 atom stereocenters. The van der Waals surface area contributed by atoms with Gasteiger partial charge in [-0.15, -0.1) is 0 Å². The SMILES string of the molecule is c1ccc(-c2ccc3ccc4c(-c5cccc(-c6nc(-c7cccnc7)cc(-c7ccccc7-c7cccnc7)n6)c5)ccc5ccc2c3c54)cc1.